The van der Waals surface area contributed by atoms with Gasteiger partial charge in [0.05, 0.1) is 0 Å². The summed E-state index contributed by atoms with van der Waals surface area (Å²) in [6.07, 6.45) is 0. The Morgan fingerprint density at radius 1 is 1.05 bits per heavy atom. The zero-order valence-corrected chi connectivity index (χ0v) is 12.2. The van der Waals surface area contributed by atoms with Gasteiger partial charge < -0.3 is 9.67 Å². The third kappa shape index (κ3) is 2.68. The highest BCUT2D eigenvalue weighted by Gasteiger charge is 2.23. The Kier molecular flexibility index (Phi) is 3.45. The van der Waals surface area contributed by atoms with E-state index in [-0.39, 0.29) is 12.1 Å². The standard InChI is InChI=1S/C15H21N3O/c1-10-6-11(2)8-12(7-10)14-17-16-13(9-19)18(14)15(3,4)5/h6-8,19H,9H2,1-5H3. The van der Waals surface area contributed by atoms with E-state index in [2.05, 4.69) is 63.0 Å². The third-order valence-electron chi connectivity index (χ3n) is 3.02. The van der Waals surface area contributed by atoms with Crippen molar-refractivity contribution in [3.05, 3.63) is 35.2 Å². The van der Waals surface area contributed by atoms with Crippen molar-refractivity contribution in [2.45, 2.75) is 46.8 Å². The van der Waals surface area contributed by atoms with Crippen molar-refractivity contribution in [3.63, 3.8) is 0 Å². The molecule has 1 aromatic carbocycles. The van der Waals surface area contributed by atoms with Gasteiger partial charge in [-0.2, -0.15) is 0 Å². The van der Waals surface area contributed by atoms with Crippen molar-refractivity contribution in [2.75, 3.05) is 0 Å². The van der Waals surface area contributed by atoms with E-state index in [0.717, 1.165) is 11.4 Å². The van der Waals surface area contributed by atoms with Gasteiger partial charge in [0, 0.05) is 11.1 Å². The SMILES string of the molecule is Cc1cc(C)cc(-c2nnc(CO)n2C(C)(C)C)c1. The fourth-order valence-electron chi connectivity index (χ4n) is 2.41. The van der Waals surface area contributed by atoms with E-state index in [9.17, 15) is 5.11 Å². The van der Waals surface area contributed by atoms with E-state index in [1.165, 1.54) is 11.1 Å². The van der Waals surface area contributed by atoms with Crippen LogP contribution in [0.3, 0.4) is 0 Å². The van der Waals surface area contributed by atoms with E-state index in [1.807, 2.05) is 4.57 Å². The molecule has 2 rings (SSSR count). The largest absolute Gasteiger partial charge is 0.388 e. The normalized spacial score (nSPS) is 11.9. The molecule has 0 bridgehead atoms. The van der Waals surface area contributed by atoms with Gasteiger partial charge >= 0.3 is 0 Å². The highest BCUT2D eigenvalue weighted by molar-refractivity contribution is 5.58. The molecular formula is C15H21N3O. The molecule has 0 fully saturated rings. The third-order valence-corrected chi connectivity index (χ3v) is 3.02. The summed E-state index contributed by atoms with van der Waals surface area (Å²) in [5.41, 5.74) is 3.27. The first-order valence-electron chi connectivity index (χ1n) is 6.47. The summed E-state index contributed by atoms with van der Waals surface area (Å²) in [7, 11) is 0. The molecule has 1 aromatic heterocycles. The first kappa shape index (κ1) is 13.7. The highest BCUT2D eigenvalue weighted by atomic mass is 16.3. The summed E-state index contributed by atoms with van der Waals surface area (Å²) in [4.78, 5) is 0. The number of aliphatic hydroxyl groups is 1. The average Bonchev–Trinajstić information content (AvgIpc) is 2.70. The number of aromatic nitrogens is 3. The summed E-state index contributed by atoms with van der Waals surface area (Å²) >= 11 is 0. The Morgan fingerprint density at radius 2 is 1.63 bits per heavy atom. The smallest absolute Gasteiger partial charge is 0.164 e. The van der Waals surface area contributed by atoms with Crippen LogP contribution in [-0.4, -0.2) is 19.9 Å². The Morgan fingerprint density at radius 3 is 2.11 bits per heavy atom. The molecule has 0 radical (unpaired) electrons. The fourth-order valence-corrected chi connectivity index (χ4v) is 2.41. The second-order valence-electron chi connectivity index (χ2n) is 5.98. The molecule has 0 spiro atoms. The zero-order chi connectivity index (χ0) is 14.2. The number of aliphatic hydroxyl groups excluding tert-OH is 1. The topological polar surface area (TPSA) is 50.9 Å². The predicted octanol–water partition coefficient (Wildman–Crippen LogP) is 2.81. The van der Waals surface area contributed by atoms with E-state index in [4.69, 9.17) is 0 Å². The minimum atomic E-state index is -0.172. The number of hydrogen-bond donors (Lipinski definition) is 1. The van der Waals surface area contributed by atoms with Gasteiger partial charge in [0.15, 0.2) is 11.6 Å². The molecule has 0 saturated heterocycles. The van der Waals surface area contributed by atoms with Gasteiger partial charge in [-0.3, -0.25) is 0 Å². The van der Waals surface area contributed by atoms with Crippen molar-refractivity contribution < 1.29 is 5.11 Å². The van der Waals surface area contributed by atoms with Gasteiger partial charge in [-0.25, -0.2) is 0 Å². The van der Waals surface area contributed by atoms with Crippen LogP contribution in [0.2, 0.25) is 0 Å². The van der Waals surface area contributed by atoms with Crippen LogP contribution in [0.5, 0.6) is 0 Å². The average molecular weight is 259 g/mol. The van der Waals surface area contributed by atoms with Gasteiger partial charge in [-0.05, 0) is 46.8 Å². The Bertz CT molecular complexity index is 574. The Balaban J connectivity index is 2.66. The number of aryl methyl sites for hydroxylation is 2. The zero-order valence-electron chi connectivity index (χ0n) is 12.2. The lowest BCUT2D eigenvalue weighted by Crippen LogP contribution is -2.25. The van der Waals surface area contributed by atoms with Crippen LogP contribution < -0.4 is 0 Å². The van der Waals surface area contributed by atoms with Crippen molar-refractivity contribution in [1.82, 2.24) is 14.8 Å². The summed E-state index contributed by atoms with van der Waals surface area (Å²) in [6.45, 7) is 10.3. The van der Waals surface area contributed by atoms with Crippen molar-refractivity contribution in [1.29, 1.82) is 0 Å². The molecule has 0 atom stereocenters. The quantitative estimate of drug-likeness (QED) is 0.902. The van der Waals surface area contributed by atoms with Gasteiger partial charge in [0.25, 0.3) is 0 Å². The van der Waals surface area contributed by atoms with Gasteiger partial charge in [0.2, 0.25) is 0 Å². The second-order valence-corrected chi connectivity index (χ2v) is 5.98. The van der Waals surface area contributed by atoms with Crippen LogP contribution in [0, 0.1) is 13.8 Å². The van der Waals surface area contributed by atoms with E-state index in [0.29, 0.717) is 5.82 Å². The van der Waals surface area contributed by atoms with Gasteiger partial charge in [-0.1, -0.05) is 17.2 Å². The lowest BCUT2D eigenvalue weighted by atomic mass is 10.0. The maximum atomic E-state index is 9.43. The molecule has 1 N–H and O–H groups in total. The minimum absolute atomic E-state index is 0.102. The monoisotopic (exact) mass is 259 g/mol. The summed E-state index contributed by atoms with van der Waals surface area (Å²) in [5, 5.41) is 17.8. The number of benzene rings is 1. The molecule has 4 heteroatoms. The molecule has 4 nitrogen and oxygen atoms in total. The Hall–Kier alpha value is -1.68. The number of hydrogen-bond acceptors (Lipinski definition) is 3. The number of nitrogens with zero attached hydrogens (tertiary/aromatic N) is 3. The van der Waals surface area contributed by atoms with Crippen LogP contribution in [0.25, 0.3) is 11.4 Å². The summed E-state index contributed by atoms with van der Waals surface area (Å²) < 4.78 is 2.00. The molecule has 0 aliphatic carbocycles. The molecule has 1 heterocycles. The molecule has 19 heavy (non-hydrogen) atoms. The molecule has 0 amide bonds. The molecule has 0 unspecified atom stereocenters. The molecule has 0 saturated carbocycles. The molecule has 0 aliphatic heterocycles. The molecular weight excluding hydrogens is 238 g/mol. The van der Waals surface area contributed by atoms with E-state index >= 15 is 0 Å². The maximum Gasteiger partial charge on any atom is 0.164 e. The van der Waals surface area contributed by atoms with Crippen LogP contribution >= 0.6 is 0 Å². The summed E-state index contributed by atoms with van der Waals surface area (Å²) in [5.74, 6) is 1.41. The van der Waals surface area contributed by atoms with Gasteiger partial charge in [0.1, 0.15) is 6.61 Å². The van der Waals surface area contributed by atoms with Crippen molar-refractivity contribution >= 4 is 0 Å². The maximum absolute atomic E-state index is 9.43. The Labute approximate surface area is 114 Å². The number of rotatable bonds is 2. The van der Waals surface area contributed by atoms with Crippen LogP contribution in [0.1, 0.15) is 37.7 Å². The van der Waals surface area contributed by atoms with E-state index < -0.39 is 0 Å². The van der Waals surface area contributed by atoms with Gasteiger partial charge in [-0.15, -0.1) is 10.2 Å². The van der Waals surface area contributed by atoms with Crippen LogP contribution in [0.4, 0.5) is 0 Å². The van der Waals surface area contributed by atoms with E-state index in [1.54, 1.807) is 0 Å². The van der Waals surface area contributed by atoms with Crippen LogP contribution in [-0.2, 0) is 12.1 Å². The first-order chi connectivity index (χ1) is 8.82. The lowest BCUT2D eigenvalue weighted by Gasteiger charge is -2.24. The minimum Gasteiger partial charge on any atom is -0.388 e. The highest BCUT2D eigenvalue weighted by Crippen LogP contribution is 2.27. The predicted molar refractivity (Wildman–Crippen MR) is 75.9 cm³/mol. The molecule has 0 aliphatic rings. The fraction of sp³-hybridized carbons (Fsp3) is 0.467. The van der Waals surface area contributed by atoms with Crippen molar-refractivity contribution in [3.8, 4) is 11.4 Å². The molecule has 2 aromatic rings. The second kappa shape index (κ2) is 4.78. The molecule has 102 valence electrons. The van der Waals surface area contributed by atoms with Crippen LogP contribution in [0.15, 0.2) is 18.2 Å². The summed E-state index contributed by atoms with van der Waals surface area (Å²) in [6, 6.07) is 6.33. The van der Waals surface area contributed by atoms with Crippen molar-refractivity contribution in [2.24, 2.45) is 0 Å². The lowest BCUT2D eigenvalue weighted by molar-refractivity contribution is 0.250. The first-order valence-corrected chi connectivity index (χ1v) is 6.47.